The van der Waals surface area contributed by atoms with Crippen LogP contribution in [-0.2, 0) is 14.0 Å². The minimum atomic E-state index is -1.85. The molecule has 1 fully saturated rings. The number of nitrogens with one attached hydrogen (secondary N) is 1. The van der Waals surface area contributed by atoms with Crippen LogP contribution in [0.3, 0.4) is 0 Å². The first-order chi connectivity index (χ1) is 12.9. The molecule has 28 heavy (non-hydrogen) atoms. The normalized spacial score (nSPS) is 17.3. The molecular formula is C20H30N2O4SSi. The minimum Gasteiger partial charge on any atom is -0.415 e. The van der Waals surface area contributed by atoms with Crippen LogP contribution in [-0.4, -0.2) is 48.7 Å². The van der Waals surface area contributed by atoms with Gasteiger partial charge in [0.05, 0.1) is 18.4 Å². The SMILES string of the molecule is CC(=O)Nc1ccc(C(=O)S[C@@H]2CC(=O)N2CCO[Si](C)(C)C(C)(C)C)cc1. The molecule has 0 bridgehead atoms. The van der Waals surface area contributed by atoms with Crippen molar-refractivity contribution in [2.75, 3.05) is 18.5 Å². The van der Waals surface area contributed by atoms with Crippen molar-refractivity contribution >= 4 is 42.7 Å². The molecule has 1 atom stereocenters. The van der Waals surface area contributed by atoms with Crippen molar-refractivity contribution in [3.8, 4) is 0 Å². The Balaban J connectivity index is 1.87. The molecule has 0 aliphatic carbocycles. The van der Waals surface area contributed by atoms with E-state index in [0.29, 0.717) is 30.8 Å². The van der Waals surface area contributed by atoms with Crippen LogP contribution >= 0.6 is 11.8 Å². The maximum absolute atomic E-state index is 12.5. The zero-order chi connectivity index (χ0) is 21.1. The van der Waals surface area contributed by atoms with Gasteiger partial charge in [-0.15, -0.1) is 0 Å². The highest BCUT2D eigenvalue weighted by Gasteiger charge is 2.40. The van der Waals surface area contributed by atoms with Crippen LogP contribution in [0, 0.1) is 0 Å². The topological polar surface area (TPSA) is 75.7 Å². The number of anilines is 1. The quantitative estimate of drug-likeness (QED) is 0.529. The number of rotatable bonds is 7. The first-order valence-electron chi connectivity index (χ1n) is 9.43. The lowest BCUT2D eigenvalue weighted by molar-refractivity contribution is -0.142. The minimum absolute atomic E-state index is 0.0603. The Morgan fingerprint density at radius 3 is 2.36 bits per heavy atom. The molecule has 0 aromatic heterocycles. The number of nitrogens with zero attached hydrogens (tertiary/aromatic N) is 1. The Morgan fingerprint density at radius 2 is 1.86 bits per heavy atom. The van der Waals surface area contributed by atoms with Crippen LogP contribution in [0.4, 0.5) is 5.69 Å². The Labute approximate surface area is 172 Å². The summed E-state index contributed by atoms with van der Waals surface area (Å²) in [6.45, 7) is 13.4. The summed E-state index contributed by atoms with van der Waals surface area (Å²) in [5.41, 5.74) is 1.20. The fraction of sp³-hybridized carbons (Fsp3) is 0.550. The zero-order valence-electron chi connectivity index (χ0n) is 17.5. The molecule has 2 amide bonds. The maximum Gasteiger partial charge on any atom is 0.226 e. The number of amides is 2. The van der Waals surface area contributed by atoms with Gasteiger partial charge in [-0.05, 0) is 42.4 Å². The summed E-state index contributed by atoms with van der Waals surface area (Å²) in [4.78, 5) is 37.3. The third-order valence-corrected chi connectivity index (χ3v) is 11.0. The van der Waals surface area contributed by atoms with Crippen molar-refractivity contribution in [3.05, 3.63) is 29.8 Å². The number of carbonyl (C=O) groups excluding carboxylic acids is 3. The molecule has 0 unspecified atom stereocenters. The molecule has 1 aromatic rings. The fourth-order valence-electron chi connectivity index (χ4n) is 2.50. The van der Waals surface area contributed by atoms with Crippen LogP contribution < -0.4 is 5.32 Å². The molecule has 1 aliphatic heterocycles. The Kier molecular flexibility index (Phi) is 7.11. The van der Waals surface area contributed by atoms with E-state index in [2.05, 4.69) is 39.2 Å². The van der Waals surface area contributed by atoms with Crippen molar-refractivity contribution in [1.82, 2.24) is 4.90 Å². The van der Waals surface area contributed by atoms with E-state index in [1.165, 1.54) is 18.7 Å². The van der Waals surface area contributed by atoms with E-state index in [0.717, 1.165) is 0 Å². The monoisotopic (exact) mass is 422 g/mol. The zero-order valence-corrected chi connectivity index (χ0v) is 19.3. The summed E-state index contributed by atoms with van der Waals surface area (Å²) < 4.78 is 6.15. The summed E-state index contributed by atoms with van der Waals surface area (Å²) in [6.07, 6.45) is 0.375. The maximum atomic E-state index is 12.5. The molecule has 1 N–H and O–H groups in total. The van der Waals surface area contributed by atoms with Crippen molar-refractivity contribution in [2.45, 2.75) is 57.6 Å². The van der Waals surface area contributed by atoms with Gasteiger partial charge < -0.3 is 14.6 Å². The molecular weight excluding hydrogens is 392 g/mol. The van der Waals surface area contributed by atoms with Crippen LogP contribution in [0.25, 0.3) is 0 Å². The van der Waals surface area contributed by atoms with Gasteiger partial charge in [0.1, 0.15) is 0 Å². The van der Waals surface area contributed by atoms with Gasteiger partial charge >= 0.3 is 0 Å². The standard InChI is InChI=1S/C20H30N2O4SSi/c1-14(23)21-16-9-7-15(8-10-16)19(25)27-18-13-17(24)22(18)11-12-26-28(5,6)20(2,3)4/h7-10,18H,11-13H2,1-6H3,(H,21,23)/t18-/m1/s1. The van der Waals surface area contributed by atoms with Crippen molar-refractivity contribution in [1.29, 1.82) is 0 Å². The molecule has 2 rings (SSSR count). The predicted octanol–water partition coefficient (Wildman–Crippen LogP) is 4.10. The molecule has 1 aliphatic rings. The fourth-order valence-corrected chi connectivity index (χ4v) is 4.63. The van der Waals surface area contributed by atoms with Crippen molar-refractivity contribution in [3.63, 3.8) is 0 Å². The number of hydrogen-bond acceptors (Lipinski definition) is 5. The summed E-state index contributed by atoms with van der Waals surface area (Å²) in [5, 5.41) is 2.57. The highest BCUT2D eigenvalue weighted by Crippen LogP contribution is 2.37. The number of β-lactam (4-membered cyclic amide) rings is 1. The first kappa shape index (κ1) is 22.6. The lowest BCUT2D eigenvalue weighted by Gasteiger charge is -2.41. The average molecular weight is 423 g/mol. The Hall–Kier alpha value is -1.64. The molecule has 1 heterocycles. The highest BCUT2D eigenvalue weighted by atomic mass is 32.2. The van der Waals surface area contributed by atoms with E-state index < -0.39 is 8.32 Å². The van der Waals surface area contributed by atoms with Crippen LogP contribution in [0.15, 0.2) is 24.3 Å². The van der Waals surface area contributed by atoms with E-state index in [9.17, 15) is 14.4 Å². The van der Waals surface area contributed by atoms with Gasteiger partial charge in [-0.1, -0.05) is 32.5 Å². The summed E-state index contributed by atoms with van der Waals surface area (Å²) >= 11 is 1.17. The molecule has 1 saturated heterocycles. The van der Waals surface area contributed by atoms with Gasteiger partial charge in [0, 0.05) is 24.7 Å². The largest absolute Gasteiger partial charge is 0.415 e. The Morgan fingerprint density at radius 1 is 1.25 bits per heavy atom. The number of hydrogen-bond donors (Lipinski definition) is 1. The average Bonchev–Trinajstić information content (AvgIpc) is 2.57. The van der Waals surface area contributed by atoms with E-state index >= 15 is 0 Å². The second kappa shape index (κ2) is 8.80. The van der Waals surface area contributed by atoms with Gasteiger partial charge in [-0.3, -0.25) is 14.4 Å². The Bertz CT molecular complexity index is 744. The van der Waals surface area contributed by atoms with Gasteiger partial charge in [-0.25, -0.2) is 0 Å². The van der Waals surface area contributed by atoms with Crippen molar-refractivity contribution < 1.29 is 18.8 Å². The van der Waals surface area contributed by atoms with E-state index in [4.69, 9.17) is 4.43 Å². The number of carbonyl (C=O) groups is 3. The number of thioether (sulfide) groups is 1. The second-order valence-corrected chi connectivity index (χ2v) is 14.5. The number of benzene rings is 1. The lowest BCUT2D eigenvalue weighted by atomic mass is 10.2. The third kappa shape index (κ3) is 5.68. The van der Waals surface area contributed by atoms with Gasteiger partial charge in [0.2, 0.25) is 16.9 Å². The molecule has 1 aromatic carbocycles. The molecule has 154 valence electrons. The van der Waals surface area contributed by atoms with Crippen LogP contribution in [0.2, 0.25) is 18.1 Å². The van der Waals surface area contributed by atoms with E-state index in [-0.39, 0.29) is 27.3 Å². The lowest BCUT2D eigenvalue weighted by Crippen LogP contribution is -2.53. The molecule has 0 radical (unpaired) electrons. The van der Waals surface area contributed by atoms with E-state index in [1.54, 1.807) is 29.2 Å². The second-order valence-electron chi connectivity index (χ2n) is 8.52. The summed E-state index contributed by atoms with van der Waals surface area (Å²) in [5.74, 6) is -0.0953. The van der Waals surface area contributed by atoms with Gasteiger partial charge in [0.15, 0.2) is 8.32 Å². The predicted molar refractivity (Wildman–Crippen MR) is 116 cm³/mol. The molecule has 0 saturated carbocycles. The molecule has 8 heteroatoms. The first-order valence-corrected chi connectivity index (χ1v) is 13.2. The number of likely N-dealkylation sites (tertiary alicyclic amines) is 1. The summed E-state index contributed by atoms with van der Waals surface area (Å²) in [6, 6.07) is 6.77. The molecule has 6 nitrogen and oxygen atoms in total. The van der Waals surface area contributed by atoms with Crippen molar-refractivity contribution in [2.24, 2.45) is 0 Å². The summed E-state index contributed by atoms with van der Waals surface area (Å²) in [7, 11) is -1.85. The molecule has 0 spiro atoms. The smallest absolute Gasteiger partial charge is 0.226 e. The van der Waals surface area contributed by atoms with Gasteiger partial charge in [0.25, 0.3) is 0 Å². The third-order valence-electron chi connectivity index (χ3n) is 5.30. The van der Waals surface area contributed by atoms with Crippen LogP contribution in [0.1, 0.15) is 44.5 Å². The van der Waals surface area contributed by atoms with E-state index in [1.807, 2.05) is 0 Å². The van der Waals surface area contributed by atoms with Crippen LogP contribution in [0.5, 0.6) is 0 Å². The van der Waals surface area contributed by atoms with Gasteiger partial charge in [-0.2, -0.15) is 0 Å². The highest BCUT2D eigenvalue weighted by molar-refractivity contribution is 8.14.